The highest BCUT2D eigenvalue weighted by Gasteiger charge is 2.59. The van der Waals surface area contributed by atoms with Crippen molar-refractivity contribution in [1.29, 1.82) is 0 Å². The van der Waals surface area contributed by atoms with Crippen LogP contribution < -0.4 is 0 Å². The number of esters is 2. The fourth-order valence-corrected chi connectivity index (χ4v) is 3.71. The molecule has 0 aliphatic carbocycles. The number of nitrogens with zero attached hydrogens (tertiary/aromatic N) is 1. The SMILES string of the molecule is CCOC(=O)C[C@]1(C)C(=O)OC(C)(C)N1C(=O)c1cccc2ccccc12. The van der Waals surface area contributed by atoms with E-state index in [1.165, 1.54) is 4.90 Å². The monoisotopic (exact) mass is 369 g/mol. The summed E-state index contributed by atoms with van der Waals surface area (Å²) in [5.74, 6) is -1.53. The summed E-state index contributed by atoms with van der Waals surface area (Å²) < 4.78 is 10.5. The van der Waals surface area contributed by atoms with Gasteiger partial charge in [-0.3, -0.25) is 14.5 Å². The molecule has 142 valence electrons. The van der Waals surface area contributed by atoms with Crippen LogP contribution in [0.1, 0.15) is 44.5 Å². The summed E-state index contributed by atoms with van der Waals surface area (Å²) in [6.45, 7) is 6.72. The second-order valence-electron chi connectivity index (χ2n) is 7.26. The van der Waals surface area contributed by atoms with Gasteiger partial charge in [-0.1, -0.05) is 36.4 Å². The Labute approximate surface area is 158 Å². The van der Waals surface area contributed by atoms with Crippen LogP contribution in [0.15, 0.2) is 42.5 Å². The Morgan fingerprint density at radius 3 is 2.44 bits per heavy atom. The average molecular weight is 369 g/mol. The van der Waals surface area contributed by atoms with E-state index in [2.05, 4.69) is 0 Å². The topological polar surface area (TPSA) is 72.9 Å². The summed E-state index contributed by atoms with van der Waals surface area (Å²) in [6.07, 6.45) is -0.264. The second kappa shape index (κ2) is 6.68. The summed E-state index contributed by atoms with van der Waals surface area (Å²) in [5.41, 5.74) is -2.18. The van der Waals surface area contributed by atoms with Crippen molar-refractivity contribution in [2.45, 2.75) is 45.4 Å². The summed E-state index contributed by atoms with van der Waals surface area (Å²) in [6, 6.07) is 13.0. The van der Waals surface area contributed by atoms with Gasteiger partial charge in [-0.05, 0) is 44.5 Å². The van der Waals surface area contributed by atoms with Gasteiger partial charge in [0.15, 0.2) is 11.3 Å². The lowest BCUT2D eigenvalue weighted by Crippen LogP contribution is -2.56. The first-order valence-electron chi connectivity index (χ1n) is 8.92. The van der Waals surface area contributed by atoms with Gasteiger partial charge in [-0.15, -0.1) is 0 Å². The average Bonchev–Trinajstić information content (AvgIpc) is 2.78. The van der Waals surface area contributed by atoms with Crippen molar-refractivity contribution < 1.29 is 23.9 Å². The van der Waals surface area contributed by atoms with E-state index in [-0.39, 0.29) is 18.9 Å². The summed E-state index contributed by atoms with van der Waals surface area (Å²) in [5, 5.41) is 1.69. The molecule has 1 heterocycles. The van der Waals surface area contributed by atoms with Gasteiger partial charge in [-0.25, -0.2) is 4.79 Å². The maximum absolute atomic E-state index is 13.5. The number of ether oxygens (including phenoxy) is 2. The van der Waals surface area contributed by atoms with Gasteiger partial charge in [0.25, 0.3) is 5.91 Å². The molecule has 3 rings (SSSR count). The van der Waals surface area contributed by atoms with Gasteiger partial charge in [0.2, 0.25) is 0 Å². The van der Waals surface area contributed by atoms with Crippen LogP contribution in [0.5, 0.6) is 0 Å². The molecule has 1 aliphatic rings. The van der Waals surface area contributed by atoms with Gasteiger partial charge < -0.3 is 9.47 Å². The van der Waals surface area contributed by atoms with Crippen LogP contribution in [0.3, 0.4) is 0 Å². The lowest BCUT2D eigenvalue weighted by atomic mass is 9.93. The fourth-order valence-electron chi connectivity index (χ4n) is 3.71. The molecule has 27 heavy (non-hydrogen) atoms. The van der Waals surface area contributed by atoms with E-state index >= 15 is 0 Å². The number of benzene rings is 2. The Balaban J connectivity index is 2.08. The molecule has 1 atom stereocenters. The van der Waals surface area contributed by atoms with Gasteiger partial charge in [0, 0.05) is 5.56 Å². The highest BCUT2D eigenvalue weighted by Crippen LogP contribution is 2.40. The molecule has 0 spiro atoms. The third-order valence-corrected chi connectivity index (χ3v) is 4.83. The smallest absolute Gasteiger partial charge is 0.334 e. The predicted octanol–water partition coefficient (Wildman–Crippen LogP) is 3.29. The van der Waals surface area contributed by atoms with Gasteiger partial charge in [0.05, 0.1) is 13.0 Å². The minimum absolute atomic E-state index is 0.199. The molecule has 0 saturated carbocycles. The number of carbonyl (C=O) groups is 3. The molecule has 2 aromatic carbocycles. The van der Waals surface area contributed by atoms with E-state index in [4.69, 9.17) is 9.47 Å². The number of fused-ring (bicyclic) bond motifs is 1. The lowest BCUT2D eigenvalue weighted by Gasteiger charge is -2.37. The van der Waals surface area contributed by atoms with Crippen molar-refractivity contribution in [2.75, 3.05) is 6.61 Å². The molecule has 1 fully saturated rings. The molecule has 0 bridgehead atoms. The second-order valence-corrected chi connectivity index (χ2v) is 7.26. The first kappa shape index (κ1) is 18.9. The first-order chi connectivity index (χ1) is 12.7. The highest BCUT2D eigenvalue weighted by atomic mass is 16.6. The predicted molar refractivity (Wildman–Crippen MR) is 99.9 cm³/mol. The van der Waals surface area contributed by atoms with Crippen LogP contribution in [-0.2, 0) is 19.1 Å². The number of rotatable bonds is 4. The Morgan fingerprint density at radius 1 is 1.07 bits per heavy atom. The normalized spacial score (nSPS) is 21.2. The van der Waals surface area contributed by atoms with Gasteiger partial charge in [-0.2, -0.15) is 0 Å². The Kier molecular flexibility index (Phi) is 4.68. The number of hydrogen-bond donors (Lipinski definition) is 0. The number of cyclic esters (lactones) is 1. The Bertz CT molecular complexity index is 914. The van der Waals surface area contributed by atoms with Crippen LogP contribution in [0.4, 0.5) is 0 Å². The van der Waals surface area contributed by atoms with E-state index in [0.29, 0.717) is 5.56 Å². The zero-order chi connectivity index (χ0) is 19.8. The highest BCUT2D eigenvalue weighted by molar-refractivity contribution is 6.09. The summed E-state index contributed by atoms with van der Waals surface area (Å²) >= 11 is 0. The molecule has 0 radical (unpaired) electrons. The molecule has 6 nitrogen and oxygen atoms in total. The van der Waals surface area contributed by atoms with E-state index in [9.17, 15) is 14.4 Å². The van der Waals surface area contributed by atoms with Crippen LogP contribution in [0.2, 0.25) is 0 Å². The first-order valence-corrected chi connectivity index (χ1v) is 8.92. The number of carbonyl (C=O) groups excluding carboxylic acids is 3. The molecule has 0 unspecified atom stereocenters. The van der Waals surface area contributed by atoms with Crippen molar-refractivity contribution in [2.24, 2.45) is 0 Å². The van der Waals surface area contributed by atoms with E-state index < -0.39 is 23.2 Å². The maximum Gasteiger partial charge on any atom is 0.334 e. The molecule has 1 amide bonds. The lowest BCUT2D eigenvalue weighted by molar-refractivity contribution is -0.153. The minimum atomic E-state index is -1.44. The zero-order valence-corrected chi connectivity index (χ0v) is 15.9. The Morgan fingerprint density at radius 2 is 1.74 bits per heavy atom. The van der Waals surface area contributed by atoms with E-state index in [1.807, 2.05) is 30.3 Å². The van der Waals surface area contributed by atoms with Gasteiger partial charge in [0.1, 0.15) is 0 Å². The van der Waals surface area contributed by atoms with Crippen molar-refractivity contribution >= 4 is 28.6 Å². The van der Waals surface area contributed by atoms with Crippen LogP contribution >= 0.6 is 0 Å². The summed E-state index contributed by atoms with van der Waals surface area (Å²) in [4.78, 5) is 39.6. The van der Waals surface area contributed by atoms with Gasteiger partial charge >= 0.3 is 11.9 Å². The van der Waals surface area contributed by atoms with Crippen LogP contribution in [-0.4, -0.2) is 40.6 Å². The largest absolute Gasteiger partial charge is 0.466 e. The fraction of sp³-hybridized carbons (Fsp3) is 0.381. The number of hydrogen-bond acceptors (Lipinski definition) is 5. The van der Waals surface area contributed by atoms with Crippen LogP contribution in [0, 0.1) is 0 Å². The molecule has 1 aliphatic heterocycles. The van der Waals surface area contributed by atoms with Crippen LogP contribution in [0.25, 0.3) is 10.8 Å². The molecule has 0 aromatic heterocycles. The quantitative estimate of drug-likeness (QED) is 0.773. The van der Waals surface area contributed by atoms with E-state index in [1.54, 1.807) is 39.8 Å². The third kappa shape index (κ3) is 3.16. The molecule has 0 N–H and O–H groups in total. The molecule has 2 aromatic rings. The number of amides is 1. The van der Waals surface area contributed by atoms with Crippen molar-refractivity contribution in [3.8, 4) is 0 Å². The minimum Gasteiger partial charge on any atom is -0.466 e. The maximum atomic E-state index is 13.5. The van der Waals surface area contributed by atoms with Crippen molar-refractivity contribution in [3.63, 3.8) is 0 Å². The molecular formula is C21H23NO5. The molecule has 6 heteroatoms. The zero-order valence-electron chi connectivity index (χ0n) is 15.9. The molecule has 1 saturated heterocycles. The standard InChI is InChI=1S/C21H23NO5/c1-5-26-17(23)13-21(4)19(25)27-20(2,3)22(21)18(24)16-12-8-10-14-9-6-7-11-15(14)16/h6-12H,5,13H2,1-4H3/t21-/m1/s1. The van der Waals surface area contributed by atoms with Crippen molar-refractivity contribution in [3.05, 3.63) is 48.0 Å². The third-order valence-electron chi connectivity index (χ3n) is 4.83. The summed E-state index contributed by atoms with van der Waals surface area (Å²) in [7, 11) is 0. The molecular weight excluding hydrogens is 346 g/mol. The van der Waals surface area contributed by atoms with E-state index in [0.717, 1.165) is 10.8 Å². The Hall–Kier alpha value is -2.89. The van der Waals surface area contributed by atoms with Crippen molar-refractivity contribution in [1.82, 2.24) is 4.90 Å².